The molecule has 0 atom stereocenters. The van der Waals surface area contributed by atoms with Crippen molar-refractivity contribution in [2.45, 2.75) is 18.0 Å². The third-order valence-corrected chi connectivity index (χ3v) is 5.16. The standard InChI is InChI=1S/C13H10Cl2F3N3O3S/c1-6-12(25(2,23)24)9(5-19-22)20-21(6)11-8(14)4-3-7(10(11)15)13(16,17)18/h3-5,22H,1-2H3/b19-5+. The van der Waals surface area contributed by atoms with Gasteiger partial charge in [0.05, 0.1) is 27.5 Å². The highest BCUT2D eigenvalue weighted by Gasteiger charge is 2.36. The van der Waals surface area contributed by atoms with E-state index >= 15 is 0 Å². The Hall–Kier alpha value is -1.78. The van der Waals surface area contributed by atoms with Crippen molar-refractivity contribution in [3.8, 4) is 5.69 Å². The molecule has 0 spiro atoms. The van der Waals surface area contributed by atoms with Gasteiger partial charge in [-0.25, -0.2) is 13.1 Å². The maximum Gasteiger partial charge on any atom is 0.417 e. The summed E-state index contributed by atoms with van der Waals surface area (Å²) in [5.74, 6) is 0. The highest BCUT2D eigenvalue weighted by atomic mass is 35.5. The molecule has 136 valence electrons. The molecule has 0 fully saturated rings. The second-order valence-corrected chi connectivity index (χ2v) is 7.72. The third-order valence-electron chi connectivity index (χ3n) is 3.22. The number of hydrogen-bond donors (Lipinski definition) is 1. The molecule has 1 heterocycles. The minimum absolute atomic E-state index is 0.0412. The van der Waals surface area contributed by atoms with E-state index in [1.807, 2.05) is 0 Å². The molecule has 0 saturated carbocycles. The van der Waals surface area contributed by atoms with E-state index in [-0.39, 0.29) is 27.0 Å². The molecule has 0 radical (unpaired) electrons. The van der Waals surface area contributed by atoms with Crippen molar-refractivity contribution in [2.24, 2.45) is 5.16 Å². The van der Waals surface area contributed by atoms with Gasteiger partial charge in [0.2, 0.25) is 0 Å². The molecule has 0 aliphatic carbocycles. The first-order chi connectivity index (χ1) is 11.4. The molecule has 0 aliphatic rings. The number of sulfone groups is 1. The van der Waals surface area contributed by atoms with Crippen LogP contribution < -0.4 is 0 Å². The van der Waals surface area contributed by atoms with E-state index in [0.717, 1.165) is 23.2 Å². The normalized spacial score (nSPS) is 12.9. The molecule has 1 N–H and O–H groups in total. The van der Waals surface area contributed by atoms with Crippen LogP contribution in [0.2, 0.25) is 10.0 Å². The minimum atomic E-state index is -4.74. The number of rotatable bonds is 3. The van der Waals surface area contributed by atoms with E-state index in [1.54, 1.807) is 0 Å². The summed E-state index contributed by atoms with van der Waals surface area (Å²) in [5, 5.41) is 14.3. The van der Waals surface area contributed by atoms with Crippen LogP contribution in [-0.4, -0.2) is 35.9 Å². The molecule has 1 aromatic heterocycles. The Kier molecular flexibility index (Phi) is 5.08. The molecule has 0 unspecified atom stereocenters. The summed E-state index contributed by atoms with van der Waals surface area (Å²) in [6.07, 6.45) is -3.12. The van der Waals surface area contributed by atoms with Crippen molar-refractivity contribution in [2.75, 3.05) is 6.26 Å². The number of halogens is 5. The molecule has 25 heavy (non-hydrogen) atoms. The van der Waals surface area contributed by atoms with Crippen LogP contribution in [0.1, 0.15) is 17.0 Å². The molecule has 6 nitrogen and oxygen atoms in total. The Bertz CT molecular complexity index is 969. The second kappa shape index (κ2) is 6.50. The Balaban J connectivity index is 2.89. The lowest BCUT2D eigenvalue weighted by Gasteiger charge is -2.15. The summed E-state index contributed by atoms with van der Waals surface area (Å²) in [4.78, 5) is -0.324. The molecule has 0 aliphatic heterocycles. The first kappa shape index (κ1) is 19.5. The zero-order valence-corrected chi connectivity index (χ0v) is 15.0. The largest absolute Gasteiger partial charge is 0.417 e. The van der Waals surface area contributed by atoms with Crippen LogP contribution in [0.15, 0.2) is 22.2 Å². The van der Waals surface area contributed by atoms with Crippen molar-refractivity contribution in [3.63, 3.8) is 0 Å². The van der Waals surface area contributed by atoms with Gasteiger partial charge in [-0.15, -0.1) is 0 Å². The van der Waals surface area contributed by atoms with E-state index in [2.05, 4.69) is 10.3 Å². The van der Waals surface area contributed by atoms with Gasteiger partial charge in [-0.2, -0.15) is 18.3 Å². The average molecular weight is 416 g/mol. The van der Waals surface area contributed by atoms with Crippen molar-refractivity contribution in [3.05, 3.63) is 39.1 Å². The van der Waals surface area contributed by atoms with Crippen LogP contribution in [-0.2, 0) is 16.0 Å². The summed E-state index contributed by atoms with van der Waals surface area (Å²) in [7, 11) is -3.83. The number of benzene rings is 1. The molecule has 2 rings (SSSR count). The van der Waals surface area contributed by atoms with Gasteiger partial charge < -0.3 is 5.21 Å². The lowest BCUT2D eigenvalue weighted by Crippen LogP contribution is -2.10. The SMILES string of the molecule is Cc1c(S(C)(=O)=O)c(/C=N/O)nn1-c1c(Cl)ccc(C(F)(F)F)c1Cl. The van der Waals surface area contributed by atoms with Crippen molar-refractivity contribution in [1.82, 2.24) is 9.78 Å². The molecule has 2 aromatic rings. The molecule has 0 amide bonds. The van der Waals surface area contributed by atoms with Crippen LogP contribution in [0.25, 0.3) is 5.69 Å². The quantitative estimate of drug-likeness (QED) is 0.470. The Morgan fingerprint density at radius 3 is 2.40 bits per heavy atom. The van der Waals surface area contributed by atoms with E-state index in [0.29, 0.717) is 6.07 Å². The smallest absolute Gasteiger partial charge is 0.411 e. The van der Waals surface area contributed by atoms with Gasteiger partial charge >= 0.3 is 6.18 Å². The highest BCUT2D eigenvalue weighted by molar-refractivity contribution is 7.90. The molecule has 0 bridgehead atoms. The van der Waals surface area contributed by atoms with E-state index in [1.165, 1.54) is 6.92 Å². The minimum Gasteiger partial charge on any atom is -0.411 e. The first-order valence-corrected chi connectivity index (χ1v) is 9.07. The monoisotopic (exact) mass is 415 g/mol. The summed E-state index contributed by atoms with van der Waals surface area (Å²) in [6, 6.07) is 1.69. The van der Waals surface area contributed by atoms with Crippen LogP contribution in [0.4, 0.5) is 13.2 Å². The molecule has 1 aromatic carbocycles. The van der Waals surface area contributed by atoms with Gasteiger partial charge in [-0.1, -0.05) is 28.4 Å². The van der Waals surface area contributed by atoms with Crippen LogP contribution >= 0.6 is 23.2 Å². The van der Waals surface area contributed by atoms with E-state index < -0.39 is 26.6 Å². The lowest BCUT2D eigenvalue weighted by molar-refractivity contribution is -0.137. The van der Waals surface area contributed by atoms with Gasteiger partial charge in [0.25, 0.3) is 0 Å². The number of oxime groups is 1. The molecular weight excluding hydrogens is 406 g/mol. The molecule has 0 saturated heterocycles. The Morgan fingerprint density at radius 2 is 1.92 bits per heavy atom. The maximum absolute atomic E-state index is 13.1. The van der Waals surface area contributed by atoms with Gasteiger partial charge in [-0.3, -0.25) is 0 Å². The highest BCUT2D eigenvalue weighted by Crippen LogP contribution is 2.41. The number of aromatic nitrogens is 2. The van der Waals surface area contributed by atoms with Crippen LogP contribution in [0.3, 0.4) is 0 Å². The fourth-order valence-electron chi connectivity index (χ4n) is 2.28. The first-order valence-electron chi connectivity index (χ1n) is 6.42. The maximum atomic E-state index is 13.1. The fourth-order valence-corrected chi connectivity index (χ4v) is 4.01. The Labute approximate surface area is 150 Å². The topological polar surface area (TPSA) is 84.6 Å². The van der Waals surface area contributed by atoms with Crippen LogP contribution in [0.5, 0.6) is 0 Å². The summed E-state index contributed by atoms with van der Waals surface area (Å²) in [6.45, 7) is 1.31. The predicted octanol–water partition coefficient (Wildman–Crippen LogP) is 3.72. The third kappa shape index (κ3) is 3.60. The molecular formula is C13H10Cl2F3N3O3S. The fraction of sp³-hybridized carbons (Fsp3) is 0.231. The molecule has 12 heteroatoms. The second-order valence-electron chi connectivity index (χ2n) is 4.98. The van der Waals surface area contributed by atoms with Crippen molar-refractivity contribution >= 4 is 39.3 Å². The van der Waals surface area contributed by atoms with Gasteiger partial charge in [0.1, 0.15) is 16.3 Å². The predicted molar refractivity (Wildman–Crippen MR) is 85.8 cm³/mol. The lowest BCUT2D eigenvalue weighted by atomic mass is 10.2. The summed E-state index contributed by atoms with van der Waals surface area (Å²) < 4.78 is 64.0. The average Bonchev–Trinajstić information content (AvgIpc) is 2.74. The number of hydrogen-bond acceptors (Lipinski definition) is 5. The zero-order chi connectivity index (χ0) is 19.2. The zero-order valence-electron chi connectivity index (χ0n) is 12.6. The van der Waals surface area contributed by atoms with Gasteiger partial charge in [0, 0.05) is 6.26 Å². The van der Waals surface area contributed by atoms with Crippen molar-refractivity contribution in [1.29, 1.82) is 0 Å². The van der Waals surface area contributed by atoms with Gasteiger partial charge in [-0.05, 0) is 19.1 Å². The summed E-state index contributed by atoms with van der Waals surface area (Å²) in [5.41, 5.74) is -1.80. The number of alkyl halides is 3. The Morgan fingerprint density at radius 1 is 1.32 bits per heavy atom. The van der Waals surface area contributed by atoms with E-state index in [4.69, 9.17) is 28.4 Å². The number of nitrogens with zero attached hydrogens (tertiary/aromatic N) is 3. The summed E-state index contributed by atoms with van der Waals surface area (Å²) >= 11 is 11.8. The van der Waals surface area contributed by atoms with Gasteiger partial charge in [0.15, 0.2) is 9.84 Å². The van der Waals surface area contributed by atoms with Crippen molar-refractivity contribution < 1.29 is 26.8 Å². The van der Waals surface area contributed by atoms with Crippen LogP contribution in [0, 0.1) is 6.92 Å². The van der Waals surface area contributed by atoms with E-state index in [9.17, 15) is 21.6 Å².